The van der Waals surface area contributed by atoms with Gasteiger partial charge in [-0.25, -0.2) is 4.98 Å². The molecule has 0 unspecified atom stereocenters. The van der Waals surface area contributed by atoms with E-state index in [9.17, 15) is 14.9 Å². The summed E-state index contributed by atoms with van der Waals surface area (Å²) < 4.78 is 12.3. The molecule has 0 saturated carbocycles. The van der Waals surface area contributed by atoms with Crippen molar-refractivity contribution in [3.05, 3.63) is 86.0 Å². The minimum Gasteiger partial charge on any atom is -0.467 e. The molecule has 0 aliphatic carbocycles. The Kier molecular flexibility index (Phi) is 4.76. The lowest BCUT2D eigenvalue weighted by Gasteiger charge is -2.20. The van der Waals surface area contributed by atoms with E-state index in [4.69, 9.17) is 9.47 Å². The van der Waals surface area contributed by atoms with E-state index in [-0.39, 0.29) is 31.2 Å². The maximum atomic E-state index is 13.3. The summed E-state index contributed by atoms with van der Waals surface area (Å²) >= 11 is 1.48. The summed E-state index contributed by atoms with van der Waals surface area (Å²) in [5, 5.41) is 11.9. The Morgan fingerprint density at radius 2 is 2.06 bits per heavy atom. The largest absolute Gasteiger partial charge is 0.467 e. The molecule has 4 aromatic rings. The average molecular weight is 435 g/mol. The van der Waals surface area contributed by atoms with Gasteiger partial charge in [-0.3, -0.25) is 19.5 Å². The Hall–Kier alpha value is -3.56. The molecule has 9 heteroatoms. The summed E-state index contributed by atoms with van der Waals surface area (Å²) in [5.74, 6) is 0.524. The van der Waals surface area contributed by atoms with Crippen molar-refractivity contribution < 1.29 is 14.4 Å². The van der Waals surface area contributed by atoms with Crippen LogP contribution in [0, 0.1) is 17.0 Å². The lowest BCUT2D eigenvalue weighted by atomic mass is 10.1. The number of ether oxygens (including phenoxy) is 2. The highest BCUT2D eigenvalue weighted by molar-refractivity contribution is 7.22. The molecule has 31 heavy (non-hydrogen) atoms. The van der Waals surface area contributed by atoms with E-state index in [1.165, 1.54) is 34.4 Å². The highest BCUT2D eigenvalue weighted by Gasteiger charge is 2.22. The van der Waals surface area contributed by atoms with Gasteiger partial charge in [-0.05, 0) is 18.1 Å². The fourth-order valence-corrected chi connectivity index (χ4v) is 4.97. The monoisotopic (exact) mass is 435 g/mol. The van der Waals surface area contributed by atoms with Crippen LogP contribution in [-0.4, -0.2) is 21.3 Å². The van der Waals surface area contributed by atoms with Crippen LogP contribution in [0.15, 0.2) is 53.6 Å². The predicted octanol–water partition coefficient (Wildman–Crippen LogP) is 4.26. The van der Waals surface area contributed by atoms with Gasteiger partial charge in [0.15, 0.2) is 6.79 Å². The molecule has 0 atom stereocenters. The lowest BCUT2D eigenvalue weighted by molar-refractivity contribution is -0.385. The van der Waals surface area contributed by atoms with E-state index >= 15 is 0 Å². The van der Waals surface area contributed by atoms with Crippen LogP contribution in [0.3, 0.4) is 0 Å². The molecule has 0 N–H and O–H groups in total. The zero-order valence-electron chi connectivity index (χ0n) is 16.5. The van der Waals surface area contributed by atoms with Crippen molar-refractivity contribution in [3.63, 3.8) is 0 Å². The fraction of sp³-hybridized carbons (Fsp3) is 0.182. The van der Waals surface area contributed by atoms with Gasteiger partial charge in [-0.15, -0.1) is 11.3 Å². The third-order valence-corrected chi connectivity index (χ3v) is 6.53. The molecule has 1 aliphatic heterocycles. The second kappa shape index (κ2) is 7.60. The molecule has 0 bridgehead atoms. The number of hydrogen-bond donors (Lipinski definition) is 0. The van der Waals surface area contributed by atoms with Crippen LogP contribution in [0.5, 0.6) is 5.75 Å². The molecule has 2 aromatic heterocycles. The minimum atomic E-state index is -0.461. The Bertz CT molecular complexity index is 1380. The Morgan fingerprint density at radius 3 is 2.84 bits per heavy atom. The Labute approximate surface area is 180 Å². The van der Waals surface area contributed by atoms with Crippen LogP contribution in [0.25, 0.3) is 20.7 Å². The van der Waals surface area contributed by atoms with Crippen LogP contribution >= 0.6 is 11.3 Å². The van der Waals surface area contributed by atoms with Crippen molar-refractivity contribution >= 4 is 27.2 Å². The van der Waals surface area contributed by atoms with Gasteiger partial charge in [-0.1, -0.05) is 30.3 Å². The maximum Gasteiger partial charge on any atom is 0.270 e. The van der Waals surface area contributed by atoms with Crippen molar-refractivity contribution in [1.82, 2.24) is 9.55 Å². The highest BCUT2D eigenvalue weighted by atomic mass is 32.1. The SMILES string of the molecule is Cc1c(-c2ccccc2)sc2ncn(Cc3cc([N+](=O)[O-])cc4c3OCOC4)c(=O)c12. The first-order valence-corrected chi connectivity index (χ1v) is 10.4. The van der Waals surface area contributed by atoms with Crippen molar-refractivity contribution in [3.8, 4) is 16.2 Å². The smallest absolute Gasteiger partial charge is 0.270 e. The Balaban J connectivity index is 1.62. The average Bonchev–Trinajstić information content (AvgIpc) is 3.13. The summed E-state index contributed by atoms with van der Waals surface area (Å²) in [4.78, 5) is 30.4. The highest BCUT2D eigenvalue weighted by Crippen LogP contribution is 2.36. The number of nitro benzene ring substituents is 1. The van der Waals surface area contributed by atoms with Gasteiger partial charge >= 0.3 is 0 Å². The topological polar surface area (TPSA) is 96.5 Å². The molecular formula is C22H17N3O5S. The molecule has 0 saturated heterocycles. The first-order valence-electron chi connectivity index (χ1n) is 9.57. The number of aromatic nitrogens is 2. The molecular weight excluding hydrogens is 418 g/mol. The van der Waals surface area contributed by atoms with E-state index in [2.05, 4.69) is 4.98 Å². The molecule has 0 amide bonds. The minimum absolute atomic E-state index is 0.0636. The van der Waals surface area contributed by atoms with Crippen molar-refractivity contribution in [2.45, 2.75) is 20.1 Å². The molecule has 3 heterocycles. The van der Waals surface area contributed by atoms with Gasteiger partial charge in [-0.2, -0.15) is 0 Å². The lowest BCUT2D eigenvalue weighted by Crippen LogP contribution is -2.22. The van der Waals surface area contributed by atoms with Gasteiger partial charge in [0.05, 0.1) is 29.8 Å². The Morgan fingerprint density at radius 1 is 1.26 bits per heavy atom. The number of hydrogen-bond acceptors (Lipinski definition) is 7. The summed E-state index contributed by atoms with van der Waals surface area (Å²) in [6, 6.07) is 12.8. The van der Waals surface area contributed by atoms with Crippen molar-refractivity contribution in [2.24, 2.45) is 0 Å². The number of aryl methyl sites for hydroxylation is 1. The fourth-order valence-electron chi connectivity index (χ4n) is 3.82. The number of fused-ring (bicyclic) bond motifs is 2. The van der Waals surface area contributed by atoms with Crippen LogP contribution in [0.2, 0.25) is 0 Å². The predicted molar refractivity (Wildman–Crippen MR) is 117 cm³/mol. The first-order chi connectivity index (χ1) is 15.0. The first kappa shape index (κ1) is 19.4. The van der Waals surface area contributed by atoms with E-state index in [0.29, 0.717) is 27.1 Å². The molecule has 0 fully saturated rings. The number of nitrogens with zero attached hydrogens (tertiary/aromatic N) is 3. The van der Waals surface area contributed by atoms with Crippen molar-refractivity contribution in [1.29, 1.82) is 0 Å². The van der Waals surface area contributed by atoms with Crippen LogP contribution in [-0.2, 0) is 17.9 Å². The third-order valence-electron chi connectivity index (χ3n) is 5.28. The van der Waals surface area contributed by atoms with Gasteiger partial charge in [0.2, 0.25) is 0 Å². The van der Waals surface area contributed by atoms with Crippen LogP contribution in [0.1, 0.15) is 16.7 Å². The summed E-state index contributed by atoms with van der Waals surface area (Å²) in [6.07, 6.45) is 1.49. The third kappa shape index (κ3) is 3.37. The van der Waals surface area contributed by atoms with E-state index in [1.54, 1.807) is 0 Å². The van der Waals surface area contributed by atoms with Crippen molar-refractivity contribution in [2.75, 3.05) is 6.79 Å². The standard InChI is InChI=1S/C22H17N3O5S/c1-13-18-21(31-20(13)14-5-3-2-4-6-14)23-11-24(22(18)26)9-15-7-17(25(27)28)8-16-10-29-12-30-19(15)16/h2-8,11H,9-10,12H2,1H3. The normalized spacial score (nSPS) is 13.1. The van der Waals surface area contributed by atoms with Gasteiger partial charge < -0.3 is 9.47 Å². The quantitative estimate of drug-likeness (QED) is 0.351. The molecule has 2 aromatic carbocycles. The van der Waals surface area contributed by atoms with Crippen LogP contribution in [0.4, 0.5) is 5.69 Å². The number of rotatable bonds is 4. The summed E-state index contributed by atoms with van der Waals surface area (Å²) in [6.45, 7) is 2.32. The maximum absolute atomic E-state index is 13.3. The molecule has 0 radical (unpaired) electrons. The number of benzene rings is 2. The second-order valence-electron chi connectivity index (χ2n) is 7.24. The summed E-state index contributed by atoms with van der Waals surface area (Å²) in [7, 11) is 0. The molecule has 8 nitrogen and oxygen atoms in total. The molecule has 156 valence electrons. The van der Waals surface area contributed by atoms with E-state index in [0.717, 1.165) is 16.0 Å². The zero-order chi connectivity index (χ0) is 21.5. The van der Waals surface area contributed by atoms with E-state index < -0.39 is 4.92 Å². The van der Waals surface area contributed by atoms with Gasteiger partial charge in [0.25, 0.3) is 11.2 Å². The van der Waals surface area contributed by atoms with E-state index in [1.807, 2.05) is 37.3 Å². The number of nitro groups is 1. The van der Waals surface area contributed by atoms with Gasteiger partial charge in [0.1, 0.15) is 10.6 Å². The molecule has 0 spiro atoms. The number of non-ortho nitro benzene ring substituents is 1. The zero-order valence-corrected chi connectivity index (χ0v) is 17.3. The molecule has 5 rings (SSSR count). The van der Waals surface area contributed by atoms with Crippen LogP contribution < -0.4 is 10.3 Å². The van der Waals surface area contributed by atoms with Gasteiger partial charge in [0, 0.05) is 28.1 Å². The molecule has 1 aliphatic rings. The number of thiophene rings is 1. The summed E-state index contributed by atoms with van der Waals surface area (Å²) in [5.41, 5.74) is 2.80. The second-order valence-corrected chi connectivity index (χ2v) is 8.24.